The first-order valence-corrected chi connectivity index (χ1v) is 6.75. The molecule has 0 saturated carbocycles. The molecule has 0 amide bonds. The van der Waals surface area contributed by atoms with Crippen LogP contribution in [0.25, 0.3) is 0 Å². The molecule has 0 aliphatic carbocycles. The zero-order valence-electron chi connectivity index (χ0n) is 11.9. The third-order valence-electron chi connectivity index (χ3n) is 3.41. The van der Waals surface area contributed by atoms with Crippen LogP contribution in [0.5, 0.6) is 0 Å². The Labute approximate surface area is 119 Å². The number of nitrogens with one attached hydrogen (secondary N) is 1. The Morgan fingerprint density at radius 1 is 1.20 bits per heavy atom. The summed E-state index contributed by atoms with van der Waals surface area (Å²) < 4.78 is 12.9. The van der Waals surface area contributed by atoms with Gasteiger partial charge in [0.25, 0.3) is 0 Å². The molecule has 0 saturated heterocycles. The molecule has 0 spiro atoms. The molecule has 0 bridgehead atoms. The number of rotatable bonds is 6. The van der Waals surface area contributed by atoms with Crippen molar-refractivity contribution in [3.05, 3.63) is 60.2 Å². The normalized spacial score (nSPS) is 12.2. The van der Waals surface area contributed by atoms with Gasteiger partial charge in [0.05, 0.1) is 17.9 Å². The minimum atomic E-state index is -0.301. The lowest BCUT2D eigenvalue weighted by molar-refractivity contribution is 0.531. The highest BCUT2D eigenvalue weighted by atomic mass is 19.1. The number of nitrogens with zero attached hydrogens (tertiary/aromatic N) is 2. The molecule has 0 radical (unpaired) electrons. The number of pyridine rings is 1. The van der Waals surface area contributed by atoms with Crippen molar-refractivity contribution in [1.29, 1.82) is 0 Å². The van der Waals surface area contributed by atoms with Gasteiger partial charge < -0.3 is 10.2 Å². The second-order valence-corrected chi connectivity index (χ2v) is 4.79. The first-order valence-electron chi connectivity index (χ1n) is 6.75. The Kier molecular flexibility index (Phi) is 5.07. The van der Waals surface area contributed by atoms with Gasteiger partial charge in [-0.2, -0.15) is 0 Å². The largest absolute Gasteiger partial charge is 0.375 e. The molecule has 2 aromatic rings. The molecule has 1 N–H and O–H groups in total. The summed E-state index contributed by atoms with van der Waals surface area (Å²) in [5.41, 5.74) is 2.06. The molecule has 3 nitrogen and oxygen atoms in total. The van der Waals surface area contributed by atoms with Crippen molar-refractivity contribution in [3.63, 3.8) is 0 Å². The fourth-order valence-corrected chi connectivity index (χ4v) is 2.17. The van der Waals surface area contributed by atoms with Gasteiger partial charge in [-0.05, 0) is 37.7 Å². The molecule has 1 heterocycles. The number of para-hydroxylation sites is 1. The van der Waals surface area contributed by atoms with E-state index in [1.54, 1.807) is 6.07 Å². The van der Waals surface area contributed by atoms with Crippen LogP contribution in [-0.2, 0) is 0 Å². The summed E-state index contributed by atoms with van der Waals surface area (Å²) in [6, 6.07) is 13.6. The summed E-state index contributed by atoms with van der Waals surface area (Å²) >= 11 is 0. The summed E-state index contributed by atoms with van der Waals surface area (Å²) in [6.45, 7) is 0.897. The van der Waals surface area contributed by atoms with Gasteiger partial charge in [-0.15, -0.1) is 0 Å². The Balaban J connectivity index is 1.95. The molecule has 1 unspecified atom stereocenters. The molecule has 106 valence electrons. The maximum atomic E-state index is 12.9. The van der Waals surface area contributed by atoms with Crippen LogP contribution in [-0.4, -0.2) is 25.6 Å². The fourth-order valence-electron chi connectivity index (χ4n) is 2.17. The summed E-state index contributed by atoms with van der Waals surface area (Å²) in [7, 11) is 3.97. The van der Waals surface area contributed by atoms with Crippen LogP contribution >= 0.6 is 0 Å². The topological polar surface area (TPSA) is 28.2 Å². The molecule has 2 rings (SSSR count). The molecular weight excluding hydrogens is 253 g/mol. The average molecular weight is 273 g/mol. The first kappa shape index (κ1) is 14.5. The lowest BCUT2D eigenvalue weighted by Gasteiger charge is -2.23. The Bertz CT molecular complexity index is 513. The van der Waals surface area contributed by atoms with Crippen LogP contribution in [0, 0.1) is 5.82 Å². The van der Waals surface area contributed by atoms with Crippen molar-refractivity contribution < 1.29 is 4.39 Å². The van der Waals surface area contributed by atoms with Crippen molar-refractivity contribution in [2.75, 3.05) is 25.5 Å². The second-order valence-electron chi connectivity index (χ2n) is 4.79. The van der Waals surface area contributed by atoms with E-state index in [4.69, 9.17) is 0 Å². The van der Waals surface area contributed by atoms with Gasteiger partial charge in [-0.1, -0.05) is 18.2 Å². The molecule has 20 heavy (non-hydrogen) atoms. The monoisotopic (exact) mass is 273 g/mol. The average Bonchev–Trinajstić information content (AvgIpc) is 2.50. The van der Waals surface area contributed by atoms with Crippen LogP contribution < -0.4 is 10.2 Å². The molecule has 1 atom stereocenters. The maximum Gasteiger partial charge on any atom is 0.141 e. The predicted molar refractivity (Wildman–Crippen MR) is 80.3 cm³/mol. The molecule has 1 aromatic carbocycles. The van der Waals surface area contributed by atoms with E-state index in [1.807, 2.05) is 25.2 Å². The lowest BCUT2D eigenvalue weighted by atomic mass is 10.1. The van der Waals surface area contributed by atoms with E-state index in [0.717, 1.165) is 18.7 Å². The van der Waals surface area contributed by atoms with E-state index < -0.39 is 0 Å². The first-order chi connectivity index (χ1) is 9.70. The van der Waals surface area contributed by atoms with E-state index in [0.29, 0.717) is 0 Å². The highest BCUT2D eigenvalue weighted by Crippen LogP contribution is 2.17. The molecule has 4 heteroatoms. The van der Waals surface area contributed by atoms with E-state index >= 15 is 0 Å². The van der Waals surface area contributed by atoms with Gasteiger partial charge in [-0.25, -0.2) is 4.39 Å². The maximum absolute atomic E-state index is 12.9. The Hall–Kier alpha value is -1.94. The van der Waals surface area contributed by atoms with Gasteiger partial charge in [0.15, 0.2) is 0 Å². The number of halogens is 1. The summed E-state index contributed by atoms with van der Waals surface area (Å²) in [5.74, 6) is -0.301. The summed E-state index contributed by atoms with van der Waals surface area (Å²) in [6.07, 6.45) is 2.17. The van der Waals surface area contributed by atoms with Crippen molar-refractivity contribution in [3.8, 4) is 0 Å². The van der Waals surface area contributed by atoms with Gasteiger partial charge in [0.2, 0.25) is 0 Å². The Morgan fingerprint density at radius 2 is 1.95 bits per heavy atom. The standard InChI is InChI=1S/C16H20FN3/c1-18-15(16-9-8-13(17)12-19-16)10-11-20(2)14-6-4-3-5-7-14/h3-9,12,15,18H,10-11H2,1-2H3. The number of hydrogen-bond acceptors (Lipinski definition) is 3. The van der Waals surface area contributed by atoms with Crippen molar-refractivity contribution in [1.82, 2.24) is 10.3 Å². The quantitative estimate of drug-likeness (QED) is 0.877. The van der Waals surface area contributed by atoms with Gasteiger partial charge in [0.1, 0.15) is 5.82 Å². The number of hydrogen-bond donors (Lipinski definition) is 1. The third-order valence-corrected chi connectivity index (χ3v) is 3.41. The number of benzene rings is 1. The zero-order valence-corrected chi connectivity index (χ0v) is 11.9. The van der Waals surface area contributed by atoms with Crippen LogP contribution in [0.4, 0.5) is 10.1 Å². The van der Waals surface area contributed by atoms with Crippen molar-refractivity contribution in [2.24, 2.45) is 0 Å². The molecule has 0 fully saturated rings. The fraction of sp³-hybridized carbons (Fsp3) is 0.312. The van der Waals surface area contributed by atoms with Crippen LogP contribution in [0.3, 0.4) is 0 Å². The van der Waals surface area contributed by atoms with Crippen molar-refractivity contribution >= 4 is 5.69 Å². The molecule has 0 aliphatic rings. The van der Waals surface area contributed by atoms with E-state index in [9.17, 15) is 4.39 Å². The van der Waals surface area contributed by atoms with E-state index in [2.05, 4.69) is 34.4 Å². The SMILES string of the molecule is CNC(CCN(C)c1ccccc1)c1ccc(F)cn1. The molecule has 0 aliphatic heterocycles. The Morgan fingerprint density at radius 3 is 2.55 bits per heavy atom. The molecule has 1 aromatic heterocycles. The van der Waals surface area contributed by atoms with Gasteiger partial charge in [-0.3, -0.25) is 4.98 Å². The minimum Gasteiger partial charge on any atom is -0.375 e. The smallest absolute Gasteiger partial charge is 0.141 e. The summed E-state index contributed by atoms with van der Waals surface area (Å²) in [5, 5.41) is 3.23. The van der Waals surface area contributed by atoms with Crippen molar-refractivity contribution in [2.45, 2.75) is 12.5 Å². The highest BCUT2D eigenvalue weighted by Gasteiger charge is 2.12. The van der Waals surface area contributed by atoms with E-state index in [1.165, 1.54) is 18.0 Å². The highest BCUT2D eigenvalue weighted by molar-refractivity contribution is 5.44. The van der Waals surface area contributed by atoms with Crippen LogP contribution in [0.15, 0.2) is 48.7 Å². The second kappa shape index (κ2) is 7.01. The van der Waals surface area contributed by atoms with Gasteiger partial charge >= 0.3 is 0 Å². The number of anilines is 1. The van der Waals surface area contributed by atoms with E-state index in [-0.39, 0.29) is 11.9 Å². The minimum absolute atomic E-state index is 0.127. The lowest BCUT2D eigenvalue weighted by Crippen LogP contribution is -2.25. The summed E-state index contributed by atoms with van der Waals surface area (Å²) in [4.78, 5) is 6.35. The number of aromatic nitrogens is 1. The van der Waals surface area contributed by atoms with Crippen LogP contribution in [0.1, 0.15) is 18.2 Å². The van der Waals surface area contributed by atoms with Crippen LogP contribution in [0.2, 0.25) is 0 Å². The van der Waals surface area contributed by atoms with Gasteiger partial charge in [0, 0.05) is 19.3 Å². The predicted octanol–water partition coefficient (Wildman–Crippen LogP) is 3.01. The zero-order chi connectivity index (χ0) is 14.4. The molecular formula is C16H20FN3. The third kappa shape index (κ3) is 3.78.